The van der Waals surface area contributed by atoms with Crippen LogP contribution in [0.5, 0.6) is 5.75 Å². The van der Waals surface area contributed by atoms with E-state index in [0.717, 1.165) is 14.3 Å². The normalized spacial score (nSPS) is 13.5. The summed E-state index contributed by atoms with van der Waals surface area (Å²) in [7, 11) is 0. The van der Waals surface area contributed by atoms with E-state index in [4.69, 9.17) is 5.73 Å². The Kier molecular flexibility index (Phi) is 3.64. The summed E-state index contributed by atoms with van der Waals surface area (Å²) in [5, 5.41) is 1.99. The van der Waals surface area contributed by atoms with E-state index in [1.807, 2.05) is 17.5 Å². The smallest absolute Gasteiger partial charge is 0.406 e. The van der Waals surface area contributed by atoms with Crippen LogP contribution in [0.1, 0.15) is 16.5 Å². The first-order valence-electron chi connectivity index (χ1n) is 6.00. The largest absolute Gasteiger partial charge is 0.573 e. The molecule has 2 nitrogen and oxygen atoms in total. The lowest BCUT2D eigenvalue weighted by Crippen LogP contribution is -2.17. The summed E-state index contributed by atoms with van der Waals surface area (Å²) in [6.07, 6.45) is -4.70. The maximum Gasteiger partial charge on any atom is 0.573 e. The van der Waals surface area contributed by atoms with Crippen LogP contribution >= 0.6 is 22.7 Å². The standard InChI is InChI=1S/C14H10F3NOS2/c15-14(16,17)19-9-3-1-2-8(6-9)13(18)12-7-11-10(21-12)4-5-20-11/h1-7,13H,18H2. The van der Waals surface area contributed by atoms with Gasteiger partial charge in [-0.05, 0) is 35.2 Å². The Labute approximate surface area is 126 Å². The summed E-state index contributed by atoms with van der Waals surface area (Å²) in [5.41, 5.74) is 6.74. The molecule has 0 aliphatic rings. The van der Waals surface area contributed by atoms with Gasteiger partial charge in [0.1, 0.15) is 5.75 Å². The van der Waals surface area contributed by atoms with E-state index in [1.54, 1.807) is 28.7 Å². The van der Waals surface area contributed by atoms with Crippen LogP contribution in [0.4, 0.5) is 13.2 Å². The molecule has 110 valence electrons. The minimum absolute atomic E-state index is 0.256. The molecule has 0 saturated carbocycles. The van der Waals surface area contributed by atoms with Gasteiger partial charge in [-0.2, -0.15) is 0 Å². The fourth-order valence-electron chi connectivity index (χ4n) is 2.01. The van der Waals surface area contributed by atoms with Gasteiger partial charge >= 0.3 is 6.36 Å². The van der Waals surface area contributed by atoms with Crippen LogP contribution in [0.15, 0.2) is 41.8 Å². The first-order valence-corrected chi connectivity index (χ1v) is 7.70. The molecular formula is C14H10F3NOS2. The van der Waals surface area contributed by atoms with Crippen molar-refractivity contribution in [1.82, 2.24) is 0 Å². The highest BCUT2D eigenvalue weighted by Crippen LogP contribution is 2.35. The molecule has 2 aromatic heterocycles. The molecule has 2 heterocycles. The third kappa shape index (κ3) is 3.20. The number of thiophene rings is 2. The Morgan fingerprint density at radius 2 is 1.90 bits per heavy atom. The van der Waals surface area contributed by atoms with Crippen molar-refractivity contribution in [3.63, 3.8) is 0 Å². The lowest BCUT2D eigenvalue weighted by atomic mass is 10.1. The predicted octanol–water partition coefficient (Wildman–Crippen LogP) is 4.91. The van der Waals surface area contributed by atoms with Crippen LogP contribution in [-0.4, -0.2) is 6.36 Å². The van der Waals surface area contributed by atoms with Crippen molar-refractivity contribution in [2.45, 2.75) is 12.4 Å². The molecule has 0 radical (unpaired) electrons. The molecule has 1 unspecified atom stereocenters. The van der Waals surface area contributed by atoms with E-state index >= 15 is 0 Å². The average molecular weight is 329 g/mol. The molecule has 1 aromatic carbocycles. The Morgan fingerprint density at radius 3 is 2.62 bits per heavy atom. The quantitative estimate of drug-likeness (QED) is 0.741. The van der Waals surface area contributed by atoms with Gasteiger partial charge in [0, 0.05) is 14.3 Å². The van der Waals surface area contributed by atoms with Gasteiger partial charge in [0.2, 0.25) is 0 Å². The summed E-state index contributed by atoms with van der Waals surface area (Å²) >= 11 is 3.16. The zero-order valence-electron chi connectivity index (χ0n) is 10.6. The van der Waals surface area contributed by atoms with Crippen LogP contribution in [-0.2, 0) is 0 Å². The van der Waals surface area contributed by atoms with Crippen LogP contribution in [0.25, 0.3) is 9.40 Å². The van der Waals surface area contributed by atoms with Crippen molar-refractivity contribution in [2.24, 2.45) is 5.73 Å². The molecular weight excluding hydrogens is 319 g/mol. The number of ether oxygens (including phenoxy) is 1. The van der Waals surface area contributed by atoms with Gasteiger partial charge in [0.25, 0.3) is 0 Å². The van der Waals surface area contributed by atoms with Crippen LogP contribution in [0, 0.1) is 0 Å². The predicted molar refractivity (Wildman–Crippen MR) is 78.9 cm³/mol. The van der Waals surface area contributed by atoms with Gasteiger partial charge in [0.05, 0.1) is 6.04 Å². The molecule has 3 aromatic rings. The third-order valence-electron chi connectivity index (χ3n) is 2.92. The molecule has 2 N–H and O–H groups in total. The monoisotopic (exact) mass is 329 g/mol. The Bertz CT molecular complexity index is 734. The Balaban J connectivity index is 1.88. The SMILES string of the molecule is NC(c1cccc(OC(F)(F)F)c1)c1cc2sccc2s1. The highest BCUT2D eigenvalue weighted by Gasteiger charge is 2.31. The van der Waals surface area contributed by atoms with E-state index in [9.17, 15) is 13.2 Å². The fourth-order valence-corrected chi connectivity index (χ4v) is 4.16. The summed E-state index contributed by atoms with van der Waals surface area (Å²) in [4.78, 5) is 0.918. The summed E-state index contributed by atoms with van der Waals surface area (Å²) in [6.45, 7) is 0. The van der Waals surface area contributed by atoms with Crippen LogP contribution in [0.3, 0.4) is 0 Å². The number of alkyl halides is 3. The number of fused-ring (bicyclic) bond motifs is 1. The average Bonchev–Trinajstić information content (AvgIpc) is 2.96. The van der Waals surface area contributed by atoms with Crippen molar-refractivity contribution in [3.8, 4) is 5.75 Å². The topological polar surface area (TPSA) is 35.2 Å². The lowest BCUT2D eigenvalue weighted by molar-refractivity contribution is -0.274. The maximum atomic E-state index is 12.2. The maximum absolute atomic E-state index is 12.2. The lowest BCUT2D eigenvalue weighted by Gasteiger charge is -2.13. The molecule has 0 aliphatic carbocycles. The molecule has 7 heteroatoms. The van der Waals surface area contributed by atoms with E-state index in [2.05, 4.69) is 4.74 Å². The zero-order chi connectivity index (χ0) is 15.0. The van der Waals surface area contributed by atoms with Crippen molar-refractivity contribution >= 4 is 32.1 Å². The minimum Gasteiger partial charge on any atom is -0.406 e. The molecule has 0 aliphatic heterocycles. The molecule has 0 spiro atoms. The van der Waals surface area contributed by atoms with Gasteiger partial charge in [-0.3, -0.25) is 0 Å². The first kappa shape index (κ1) is 14.4. The summed E-state index contributed by atoms with van der Waals surface area (Å²) in [5.74, 6) is -0.256. The summed E-state index contributed by atoms with van der Waals surface area (Å²) < 4.78 is 42.9. The second kappa shape index (κ2) is 5.32. The zero-order valence-corrected chi connectivity index (χ0v) is 12.2. The fraction of sp³-hybridized carbons (Fsp3) is 0.143. The number of hydrogen-bond donors (Lipinski definition) is 1. The Morgan fingerprint density at radius 1 is 1.10 bits per heavy atom. The number of benzene rings is 1. The van der Waals surface area contributed by atoms with Gasteiger partial charge in [-0.15, -0.1) is 35.8 Å². The van der Waals surface area contributed by atoms with Crippen LogP contribution in [0.2, 0.25) is 0 Å². The highest BCUT2D eigenvalue weighted by atomic mass is 32.1. The van der Waals surface area contributed by atoms with E-state index in [-0.39, 0.29) is 5.75 Å². The first-order chi connectivity index (χ1) is 9.92. The van der Waals surface area contributed by atoms with Gasteiger partial charge < -0.3 is 10.5 Å². The number of halogens is 3. The second-order valence-corrected chi connectivity index (χ2v) is 6.46. The van der Waals surface area contributed by atoms with Gasteiger partial charge in [-0.25, -0.2) is 0 Å². The Hall–Kier alpha value is -1.57. The van der Waals surface area contributed by atoms with Gasteiger partial charge in [0.15, 0.2) is 0 Å². The molecule has 0 saturated heterocycles. The molecule has 3 rings (SSSR count). The van der Waals surface area contributed by atoms with Crippen molar-refractivity contribution in [1.29, 1.82) is 0 Å². The van der Waals surface area contributed by atoms with Crippen molar-refractivity contribution in [2.75, 3.05) is 0 Å². The number of nitrogens with two attached hydrogens (primary N) is 1. The van der Waals surface area contributed by atoms with Gasteiger partial charge in [-0.1, -0.05) is 12.1 Å². The molecule has 0 amide bonds. The van der Waals surface area contributed by atoms with E-state index in [0.29, 0.717) is 5.56 Å². The van der Waals surface area contributed by atoms with E-state index < -0.39 is 12.4 Å². The van der Waals surface area contributed by atoms with Crippen molar-refractivity contribution in [3.05, 3.63) is 52.2 Å². The van der Waals surface area contributed by atoms with E-state index in [1.165, 1.54) is 18.2 Å². The molecule has 0 fully saturated rings. The number of rotatable bonds is 3. The van der Waals surface area contributed by atoms with Crippen LogP contribution < -0.4 is 10.5 Å². The third-order valence-corrected chi connectivity index (χ3v) is 5.09. The molecule has 0 bridgehead atoms. The molecule has 21 heavy (non-hydrogen) atoms. The number of hydrogen-bond acceptors (Lipinski definition) is 4. The minimum atomic E-state index is -4.70. The molecule has 1 atom stereocenters. The highest BCUT2D eigenvalue weighted by molar-refractivity contribution is 7.27. The van der Waals surface area contributed by atoms with Crippen molar-refractivity contribution < 1.29 is 17.9 Å². The summed E-state index contributed by atoms with van der Waals surface area (Å²) in [6, 6.07) is 9.30. The second-order valence-electron chi connectivity index (χ2n) is 4.40.